The number of esters is 1. The maximum Gasteiger partial charge on any atom is 0.372 e. The summed E-state index contributed by atoms with van der Waals surface area (Å²) in [5.74, 6) is -1.17. The van der Waals surface area contributed by atoms with E-state index in [0.717, 1.165) is 0 Å². The van der Waals surface area contributed by atoms with Crippen LogP contribution < -0.4 is 9.47 Å². The molecule has 0 fully saturated rings. The molecule has 0 saturated heterocycles. The number of carbonyl (C=O) groups is 1. The van der Waals surface area contributed by atoms with Crippen LogP contribution in [0.2, 0.25) is 0 Å². The van der Waals surface area contributed by atoms with E-state index in [1.54, 1.807) is 46.1 Å². The van der Waals surface area contributed by atoms with Crippen molar-refractivity contribution in [2.45, 2.75) is 26.6 Å². The molecule has 1 aromatic rings. The van der Waals surface area contributed by atoms with Crippen molar-refractivity contribution in [1.82, 2.24) is 0 Å². The zero-order chi connectivity index (χ0) is 16.6. The fraction of sp³-hybridized carbons (Fsp3) is 0.562. The number of carbonyl (C=O) groups excluding carboxylic acids is 1. The van der Waals surface area contributed by atoms with Crippen LogP contribution in [-0.4, -0.2) is 40.0 Å². The summed E-state index contributed by atoms with van der Waals surface area (Å²) in [6.07, 6.45) is 0. The molecule has 0 bridgehead atoms. The zero-order valence-corrected chi connectivity index (χ0v) is 13.8. The highest BCUT2D eigenvalue weighted by atomic mass is 16.7. The summed E-state index contributed by atoms with van der Waals surface area (Å²) in [5.41, 5.74) is 0.493. The lowest BCUT2D eigenvalue weighted by molar-refractivity contribution is -0.252. The lowest BCUT2D eigenvalue weighted by Crippen LogP contribution is -2.43. The van der Waals surface area contributed by atoms with Gasteiger partial charge in [-0.3, -0.25) is 0 Å². The second-order valence-corrected chi connectivity index (χ2v) is 4.27. The Morgan fingerprint density at radius 1 is 0.955 bits per heavy atom. The van der Waals surface area contributed by atoms with Crippen LogP contribution in [0.15, 0.2) is 18.2 Å². The molecule has 0 N–H and O–H groups in total. The molecule has 0 aliphatic rings. The van der Waals surface area contributed by atoms with Gasteiger partial charge in [0.2, 0.25) is 0 Å². The fourth-order valence-electron chi connectivity index (χ4n) is 2.12. The average molecular weight is 312 g/mol. The molecule has 0 atom stereocenters. The summed E-state index contributed by atoms with van der Waals surface area (Å²) in [5, 5.41) is 0. The van der Waals surface area contributed by atoms with E-state index < -0.39 is 11.8 Å². The highest BCUT2D eigenvalue weighted by molar-refractivity contribution is 5.80. The molecule has 0 unspecified atom stereocenters. The van der Waals surface area contributed by atoms with Crippen LogP contribution in [-0.2, 0) is 24.8 Å². The summed E-state index contributed by atoms with van der Waals surface area (Å²) in [4.78, 5) is 12.5. The Morgan fingerprint density at radius 2 is 1.55 bits per heavy atom. The van der Waals surface area contributed by atoms with Crippen molar-refractivity contribution in [3.8, 4) is 11.5 Å². The molecular weight excluding hydrogens is 288 g/mol. The van der Waals surface area contributed by atoms with Crippen molar-refractivity contribution in [2.24, 2.45) is 0 Å². The van der Waals surface area contributed by atoms with Crippen molar-refractivity contribution in [2.75, 3.05) is 34.0 Å². The smallest absolute Gasteiger partial charge is 0.372 e. The molecule has 6 heteroatoms. The van der Waals surface area contributed by atoms with Crippen LogP contribution >= 0.6 is 0 Å². The topological polar surface area (TPSA) is 63.2 Å². The maximum atomic E-state index is 12.5. The summed E-state index contributed by atoms with van der Waals surface area (Å²) < 4.78 is 26.9. The molecule has 124 valence electrons. The molecule has 0 amide bonds. The monoisotopic (exact) mass is 312 g/mol. The molecule has 0 saturated carbocycles. The summed E-state index contributed by atoms with van der Waals surface area (Å²) >= 11 is 0. The quantitative estimate of drug-likeness (QED) is 0.516. The minimum absolute atomic E-state index is 0.230. The third-order valence-electron chi connectivity index (χ3n) is 3.00. The van der Waals surface area contributed by atoms with Crippen LogP contribution in [0.4, 0.5) is 0 Å². The number of ether oxygens (including phenoxy) is 5. The summed E-state index contributed by atoms with van der Waals surface area (Å²) in [6.45, 7) is 6.10. The van der Waals surface area contributed by atoms with Gasteiger partial charge in [-0.25, -0.2) is 4.79 Å². The number of methoxy groups -OCH3 is 2. The highest BCUT2D eigenvalue weighted by Crippen LogP contribution is 2.36. The molecule has 0 radical (unpaired) electrons. The zero-order valence-electron chi connectivity index (χ0n) is 13.8. The first-order chi connectivity index (χ1) is 10.6. The number of benzene rings is 1. The minimum atomic E-state index is -1.61. The molecule has 6 nitrogen and oxygen atoms in total. The Labute approximate surface area is 131 Å². The molecular formula is C16H24O6. The molecule has 0 aromatic heterocycles. The average Bonchev–Trinajstić information content (AvgIpc) is 2.54. The Hall–Kier alpha value is -1.79. The Balaban J connectivity index is 3.38. The van der Waals surface area contributed by atoms with E-state index in [9.17, 15) is 4.79 Å². The van der Waals surface area contributed by atoms with Gasteiger partial charge in [-0.1, -0.05) is 0 Å². The molecule has 1 rings (SSSR count). The maximum absolute atomic E-state index is 12.5. The van der Waals surface area contributed by atoms with Gasteiger partial charge in [0, 0.05) is 18.8 Å². The number of hydrogen-bond donors (Lipinski definition) is 0. The Kier molecular flexibility index (Phi) is 7.14. The number of hydrogen-bond acceptors (Lipinski definition) is 6. The fourth-order valence-corrected chi connectivity index (χ4v) is 2.12. The van der Waals surface area contributed by atoms with Gasteiger partial charge in [-0.15, -0.1) is 0 Å². The standard InChI is InChI=1S/C16H24O6/c1-6-20-15(17)16(21-7-2,22-8-3)12-9-10-13(18-4)14(11-12)19-5/h9-11H,6-8H2,1-5H3. The first-order valence-corrected chi connectivity index (χ1v) is 7.27. The summed E-state index contributed by atoms with van der Waals surface area (Å²) in [7, 11) is 3.07. The largest absolute Gasteiger partial charge is 0.493 e. The molecule has 22 heavy (non-hydrogen) atoms. The van der Waals surface area contributed by atoms with Crippen LogP contribution in [0, 0.1) is 0 Å². The van der Waals surface area contributed by atoms with E-state index in [1.807, 2.05) is 0 Å². The third-order valence-corrected chi connectivity index (χ3v) is 3.00. The second-order valence-electron chi connectivity index (χ2n) is 4.27. The SMILES string of the molecule is CCOC(=O)C(OCC)(OCC)c1ccc(OC)c(OC)c1. The molecule has 0 aliphatic heterocycles. The first-order valence-electron chi connectivity index (χ1n) is 7.27. The lowest BCUT2D eigenvalue weighted by Gasteiger charge is -2.31. The van der Waals surface area contributed by atoms with E-state index in [2.05, 4.69) is 0 Å². The van der Waals surface area contributed by atoms with Crippen molar-refractivity contribution >= 4 is 5.97 Å². The van der Waals surface area contributed by atoms with Gasteiger partial charge < -0.3 is 23.7 Å². The predicted octanol–water partition coefficient (Wildman–Crippen LogP) is 2.49. The molecule has 1 aromatic carbocycles. The van der Waals surface area contributed by atoms with Crippen LogP contribution in [0.25, 0.3) is 0 Å². The van der Waals surface area contributed by atoms with Gasteiger partial charge in [0.1, 0.15) is 0 Å². The van der Waals surface area contributed by atoms with Gasteiger partial charge in [0.05, 0.1) is 20.8 Å². The van der Waals surface area contributed by atoms with Gasteiger partial charge in [-0.05, 0) is 39.0 Å². The first kappa shape index (κ1) is 18.3. The van der Waals surface area contributed by atoms with Gasteiger partial charge >= 0.3 is 5.97 Å². The van der Waals surface area contributed by atoms with Gasteiger partial charge in [0.25, 0.3) is 5.79 Å². The summed E-state index contributed by atoms with van der Waals surface area (Å²) in [6, 6.07) is 5.05. The van der Waals surface area contributed by atoms with E-state index in [1.165, 1.54) is 7.11 Å². The van der Waals surface area contributed by atoms with Crippen LogP contribution in [0.5, 0.6) is 11.5 Å². The van der Waals surface area contributed by atoms with Crippen molar-refractivity contribution in [1.29, 1.82) is 0 Å². The van der Waals surface area contributed by atoms with Gasteiger partial charge in [0.15, 0.2) is 11.5 Å². The van der Waals surface area contributed by atoms with Crippen molar-refractivity contribution in [3.05, 3.63) is 23.8 Å². The Morgan fingerprint density at radius 3 is 2.00 bits per heavy atom. The van der Waals surface area contributed by atoms with Gasteiger partial charge in [-0.2, -0.15) is 0 Å². The van der Waals surface area contributed by atoms with Crippen LogP contribution in [0.3, 0.4) is 0 Å². The van der Waals surface area contributed by atoms with E-state index in [4.69, 9.17) is 23.7 Å². The van der Waals surface area contributed by atoms with Crippen molar-refractivity contribution in [3.63, 3.8) is 0 Å². The van der Waals surface area contributed by atoms with E-state index >= 15 is 0 Å². The molecule has 0 heterocycles. The normalized spacial score (nSPS) is 11.1. The van der Waals surface area contributed by atoms with E-state index in [0.29, 0.717) is 17.1 Å². The predicted molar refractivity (Wildman–Crippen MR) is 81.1 cm³/mol. The van der Waals surface area contributed by atoms with Crippen LogP contribution in [0.1, 0.15) is 26.3 Å². The highest BCUT2D eigenvalue weighted by Gasteiger charge is 2.45. The minimum Gasteiger partial charge on any atom is -0.493 e. The Bertz CT molecular complexity index is 480. The lowest BCUT2D eigenvalue weighted by atomic mass is 10.0. The molecule has 0 aliphatic carbocycles. The third kappa shape index (κ3) is 3.69. The molecule has 0 spiro atoms. The number of rotatable bonds is 9. The van der Waals surface area contributed by atoms with E-state index in [-0.39, 0.29) is 19.8 Å². The van der Waals surface area contributed by atoms with Crippen molar-refractivity contribution < 1.29 is 28.5 Å². The second kappa shape index (κ2) is 8.60.